The van der Waals surface area contributed by atoms with Gasteiger partial charge in [-0.25, -0.2) is 0 Å². The Labute approximate surface area is 148 Å². The Morgan fingerprint density at radius 3 is 2.54 bits per heavy atom. The molecule has 0 radical (unpaired) electrons. The molecule has 0 aliphatic rings. The number of carbonyl (C=O) groups is 1. The third kappa shape index (κ3) is 4.95. The van der Waals surface area contributed by atoms with E-state index in [1.165, 1.54) is 10.4 Å². The van der Waals surface area contributed by atoms with Gasteiger partial charge >= 0.3 is 0 Å². The zero-order valence-corrected chi connectivity index (χ0v) is 15.0. The summed E-state index contributed by atoms with van der Waals surface area (Å²) < 4.78 is 0. The summed E-state index contributed by atoms with van der Waals surface area (Å²) in [5.41, 5.74) is 2.51. The summed E-state index contributed by atoms with van der Waals surface area (Å²) in [6.45, 7) is 4.92. The van der Waals surface area contributed by atoms with E-state index in [1.54, 1.807) is 11.3 Å². The van der Waals surface area contributed by atoms with Gasteiger partial charge in [-0.1, -0.05) is 50.1 Å². The molecule has 0 bridgehead atoms. The highest BCUT2D eigenvalue weighted by atomic mass is 32.1. The van der Waals surface area contributed by atoms with Crippen molar-refractivity contribution in [2.75, 3.05) is 13.1 Å². The Bertz CT molecular complexity index is 671. The van der Waals surface area contributed by atoms with Crippen molar-refractivity contribution in [1.82, 2.24) is 10.6 Å². The monoisotopic (exact) mass is 340 g/mol. The van der Waals surface area contributed by atoms with E-state index < -0.39 is 0 Å². The van der Waals surface area contributed by atoms with Crippen LogP contribution in [0.3, 0.4) is 0 Å². The topological polar surface area (TPSA) is 41.1 Å². The van der Waals surface area contributed by atoms with E-state index in [1.807, 2.05) is 6.07 Å². The van der Waals surface area contributed by atoms with E-state index in [-0.39, 0.29) is 25.0 Å². The molecule has 1 heterocycles. The van der Waals surface area contributed by atoms with Crippen molar-refractivity contribution >= 4 is 17.2 Å². The number of hydrogen-bond acceptors (Lipinski definition) is 3. The van der Waals surface area contributed by atoms with Gasteiger partial charge in [-0.2, -0.15) is 0 Å². The Balaban J connectivity index is 2.12. The van der Waals surface area contributed by atoms with Crippen LogP contribution in [0, 0.1) is 12.3 Å². The molecule has 0 spiro atoms. The molecule has 3 nitrogen and oxygen atoms in total. The first-order valence-electron chi connectivity index (χ1n) is 8.22. The van der Waals surface area contributed by atoms with E-state index in [0.717, 1.165) is 12.0 Å². The van der Waals surface area contributed by atoms with Gasteiger partial charge in [0, 0.05) is 4.88 Å². The average molecular weight is 340 g/mol. The maximum atomic E-state index is 11.8. The molecule has 126 valence electrons. The van der Waals surface area contributed by atoms with E-state index in [9.17, 15) is 4.79 Å². The molecule has 2 atom stereocenters. The van der Waals surface area contributed by atoms with Crippen molar-refractivity contribution in [2.45, 2.75) is 32.2 Å². The normalized spacial score (nSPS) is 13.0. The summed E-state index contributed by atoms with van der Waals surface area (Å²) in [4.78, 5) is 13.0. The van der Waals surface area contributed by atoms with Crippen molar-refractivity contribution in [1.29, 1.82) is 0 Å². The fourth-order valence-electron chi connectivity index (χ4n) is 2.50. The maximum absolute atomic E-state index is 11.8. The predicted molar refractivity (Wildman–Crippen MR) is 101 cm³/mol. The Kier molecular flexibility index (Phi) is 7.05. The van der Waals surface area contributed by atoms with Gasteiger partial charge < -0.3 is 5.32 Å². The molecule has 0 saturated carbocycles. The minimum Gasteiger partial charge on any atom is -0.344 e. The zero-order chi connectivity index (χ0) is 17.4. The molecule has 4 heteroatoms. The fraction of sp³-hybridized carbons (Fsp3) is 0.350. The van der Waals surface area contributed by atoms with E-state index in [4.69, 9.17) is 6.42 Å². The zero-order valence-electron chi connectivity index (χ0n) is 14.2. The second kappa shape index (κ2) is 9.27. The number of hydrogen-bond donors (Lipinski definition) is 2. The van der Waals surface area contributed by atoms with Gasteiger partial charge in [0.25, 0.3) is 0 Å². The Morgan fingerprint density at radius 1 is 1.25 bits per heavy atom. The molecular formula is C20H24N2OS. The van der Waals surface area contributed by atoms with Crippen molar-refractivity contribution < 1.29 is 4.79 Å². The van der Waals surface area contributed by atoms with Crippen LogP contribution in [0.15, 0.2) is 41.8 Å². The van der Waals surface area contributed by atoms with Crippen LogP contribution >= 0.6 is 11.3 Å². The molecule has 1 aromatic heterocycles. The van der Waals surface area contributed by atoms with Gasteiger partial charge in [0.05, 0.1) is 19.1 Å². The van der Waals surface area contributed by atoms with Gasteiger partial charge in [0.15, 0.2) is 0 Å². The second-order valence-electron chi connectivity index (χ2n) is 5.79. The highest BCUT2D eigenvalue weighted by Crippen LogP contribution is 2.27. The van der Waals surface area contributed by atoms with Gasteiger partial charge in [0.2, 0.25) is 5.91 Å². The van der Waals surface area contributed by atoms with Gasteiger partial charge in [0.1, 0.15) is 0 Å². The number of benzene rings is 1. The number of carbonyl (C=O) groups excluding carboxylic acids is 1. The number of thiophene rings is 1. The smallest absolute Gasteiger partial charge is 0.234 e. The predicted octanol–water partition coefficient (Wildman–Crippen LogP) is 3.69. The molecule has 1 amide bonds. The Morgan fingerprint density at radius 2 is 1.96 bits per heavy atom. The summed E-state index contributed by atoms with van der Waals surface area (Å²) in [6.07, 6.45) is 6.29. The summed E-state index contributed by atoms with van der Waals surface area (Å²) in [5, 5.41) is 8.07. The SMILES string of the molecule is C#CCNC(=O)CN[C@@H](c1ccc([C@H](C)CC)cc1)c1cccs1. The largest absolute Gasteiger partial charge is 0.344 e. The summed E-state index contributed by atoms with van der Waals surface area (Å²) in [7, 11) is 0. The molecule has 2 aromatic rings. The quantitative estimate of drug-likeness (QED) is 0.720. The van der Waals surface area contributed by atoms with E-state index >= 15 is 0 Å². The third-order valence-corrected chi connectivity index (χ3v) is 5.07. The molecule has 0 fully saturated rings. The lowest BCUT2D eigenvalue weighted by Gasteiger charge is -2.19. The van der Waals surface area contributed by atoms with Gasteiger partial charge in [-0.05, 0) is 34.9 Å². The molecule has 0 aliphatic heterocycles. The molecule has 2 N–H and O–H groups in total. The number of nitrogens with one attached hydrogen (secondary N) is 2. The van der Waals surface area contributed by atoms with Crippen molar-refractivity contribution in [3.05, 3.63) is 57.8 Å². The average Bonchev–Trinajstić information content (AvgIpc) is 3.14. The van der Waals surface area contributed by atoms with Crippen LogP contribution in [0.5, 0.6) is 0 Å². The van der Waals surface area contributed by atoms with Crippen LogP contribution < -0.4 is 10.6 Å². The number of terminal acetylenes is 1. The van der Waals surface area contributed by atoms with Crippen LogP contribution in [0.25, 0.3) is 0 Å². The molecule has 24 heavy (non-hydrogen) atoms. The summed E-state index contributed by atoms with van der Waals surface area (Å²) in [6, 6.07) is 12.8. The summed E-state index contributed by atoms with van der Waals surface area (Å²) in [5.74, 6) is 2.88. The molecule has 2 rings (SSSR count). The third-order valence-electron chi connectivity index (χ3n) is 4.13. The molecular weight excluding hydrogens is 316 g/mol. The molecule has 0 unspecified atom stereocenters. The van der Waals surface area contributed by atoms with Gasteiger partial charge in [-0.3, -0.25) is 10.1 Å². The second-order valence-corrected chi connectivity index (χ2v) is 6.77. The fourth-order valence-corrected chi connectivity index (χ4v) is 3.32. The highest BCUT2D eigenvalue weighted by molar-refractivity contribution is 7.10. The van der Waals surface area contributed by atoms with Crippen LogP contribution in [-0.4, -0.2) is 19.0 Å². The lowest BCUT2D eigenvalue weighted by atomic mass is 9.95. The first-order chi connectivity index (χ1) is 11.7. The van der Waals surface area contributed by atoms with Gasteiger partial charge in [-0.15, -0.1) is 17.8 Å². The minimum absolute atomic E-state index is 0.00701. The van der Waals surface area contributed by atoms with E-state index in [2.05, 4.69) is 66.1 Å². The molecule has 0 saturated heterocycles. The Hall–Kier alpha value is -2.09. The van der Waals surface area contributed by atoms with E-state index in [0.29, 0.717) is 5.92 Å². The lowest BCUT2D eigenvalue weighted by Crippen LogP contribution is -2.36. The lowest BCUT2D eigenvalue weighted by molar-refractivity contribution is -0.120. The number of amides is 1. The standard InChI is InChI=1S/C20H24N2OS/c1-4-12-21-19(23)14-22-20(18-7-6-13-24-18)17-10-8-16(9-11-17)15(3)5-2/h1,6-11,13,15,20,22H,5,12,14H2,2-3H3,(H,21,23)/t15-,20+/m1/s1. The highest BCUT2D eigenvalue weighted by Gasteiger charge is 2.16. The van der Waals surface area contributed by atoms with Crippen LogP contribution in [-0.2, 0) is 4.79 Å². The first kappa shape index (κ1) is 18.3. The van der Waals surface area contributed by atoms with Crippen LogP contribution in [0.2, 0.25) is 0 Å². The molecule has 0 aliphatic carbocycles. The minimum atomic E-state index is -0.0919. The van der Waals surface area contributed by atoms with Crippen LogP contribution in [0.4, 0.5) is 0 Å². The molecule has 1 aromatic carbocycles. The van der Waals surface area contributed by atoms with Crippen molar-refractivity contribution in [3.8, 4) is 12.3 Å². The first-order valence-corrected chi connectivity index (χ1v) is 9.10. The summed E-state index contributed by atoms with van der Waals surface area (Å²) >= 11 is 1.68. The van der Waals surface area contributed by atoms with Crippen molar-refractivity contribution in [3.63, 3.8) is 0 Å². The van der Waals surface area contributed by atoms with Crippen LogP contribution in [0.1, 0.15) is 48.2 Å². The maximum Gasteiger partial charge on any atom is 0.234 e. The van der Waals surface area contributed by atoms with Crippen molar-refractivity contribution in [2.24, 2.45) is 0 Å². The number of rotatable bonds is 8.